The van der Waals surface area contributed by atoms with Crippen LogP contribution < -0.4 is 4.90 Å². The molecule has 1 N–H and O–H groups in total. The largest absolute Gasteiger partial charge is 0.392 e. The number of rotatable bonds is 5. The van der Waals surface area contributed by atoms with Gasteiger partial charge in [-0.1, -0.05) is 6.92 Å². The van der Waals surface area contributed by atoms with Crippen molar-refractivity contribution in [1.82, 2.24) is 9.88 Å². The molecule has 100 valence electrons. The van der Waals surface area contributed by atoms with Gasteiger partial charge in [-0.05, 0) is 32.0 Å². The van der Waals surface area contributed by atoms with Gasteiger partial charge in [0.05, 0.1) is 6.61 Å². The lowest BCUT2D eigenvalue weighted by Gasteiger charge is -2.29. The molecule has 1 unspecified atom stereocenters. The molecule has 4 nitrogen and oxygen atoms in total. The van der Waals surface area contributed by atoms with Crippen LogP contribution >= 0.6 is 0 Å². The van der Waals surface area contributed by atoms with Crippen LogP contribution in [0.2, 0.25) is 0 Å². The quantitative estimate of drug-likeness (QED) is 0.858. The second kappa shape index (κ2) is 6.16. The Kier molecular flexibility index (Phi) is 4.55. The van der Waals surface area contributed by atoms with Gasteiger partial charge in [0.2, 0.25) is 0 Å². The summed E-state index contributed by atoms with van der Waals surface area (Å²) < 4.78 is 0. The number of likely N-dealkylation sites (tertiary alicyclic amines) is 1. The number of likely N-dealkylation sites (N-methyl/N-ethyl adjacent to an activating group) is 2. The maximum absolute atomic E-state index is 9.35. The van der Waals surface area contributed by atoms with Gasteiger partial charge in [-0.15, -0.1) is 0 Å². The van der Waals surface area contributed by atoms with E-state index in [1.807, 2.05) is 6.07 Å². The van der Waals surface area contributed by atoms with Gasteiger partial charge in [-0.25, -0.2) is 0 Å². The molecule has 1 aromatic rings. The highest BCUT2D eigenvalue weighted by Gasteiger charge is 2.24. The lowest BCUT2D eigenvalue weighted by atomic mass is 10.1. The lowest BCUT2D eigenvalue weighted by Crippen LogP contribution is -2.39. The number of aliphatic hydroxyl groups is 1. The van der Waals surface area contributed by atoms with E-state index < -0.39 is 0 Å². The number of aromatic nitrogens is 1. The molecule has 0 aliphatic carbocycles. The summed E-state index contributed by atoms with van der Waals surface area (Å²) in [6, 6.07) is 2.62. The molecule has 0 saturated carbocycles. The Bertz CT molecular complexity index is 383. The van der Waals surface area contributed by atoms with E-state index >= 15 is 0 Å². The fourth-order valence-electron chi connectivity index (χ4n) is 2.85. The molecule has 2 rings (SSSR count). The zero-order valence-corrected chi connectivity index (χ0v) is 11.3. The number of pyridine rings is 1. The van der Waals surface area contributed by atoms with E-state index in [9.17, 15) is 5.11 Å². The molecule has 0 amide bonds. The smallest absolute Gasteiger partial charge is 0.0717 e. The Morgan fingerprint density at radius 3 is 3.11 bits per heavy atom. The Morgan fingerprint density at radius 2 is 2.39 bits per heavy atom. The van der Waals surface area contributed by atoms with E-state index in [0.29, 0.717) is 6.04 Å². The fraction of sp³-hybridized carbons (Fsp3) is 0.643. The second-order valence-electron chi connectivity index (χ2n) is 4.97. The SMILES string of the molecule is CCN1CCCC1CN(C)c1ccncc1CO. The highest BCUT2D eigenvalue weighted by Crippen LogP contribution is 2.22. The first-order chi connectivity index (χ1) is 8.76. The molecule has 0 spiro atoms. The molecule has 0 radical (unpaired) electrons. The van der Waals surface area contributed by atoms with Crippen molar-refractivity contribution in [3.8, 4) is 0 Å². The van der Waals surface area contributed by atoms with Crippen molar-refractivity contribution < 1.29 is 5.11 Å². The Balaban J connectivity index is 2.05. The average molecular weight is 249 g/mol. The summed E-state index contributed by atoms with van der Waals surface area (Å²) in [6.07, 6.45) is 6.11. The van der Waals surface area contributed by atoms with E-state index in [0.717, 1.165) is 24.3 Å². The van der Waals surface area contributed by atoms with Gasteiger partial charge in [0.25, 0.3) is 0 Å². The number of aliphatic hydroxyl groups excluding tert-OH is 1. The van der Waals surface area contributed by atoms with E-state index in [4.69, 9.17) is 0 Å². The monoisotopic (exact) mass is 249 g/mol. The summed E-state index contributed by atoms with van der Waals surface area (Å²) >= 11 is 0. The molecule has 18 heavy (non-hydrogen) atoms. The number of hydrogen-bond acceptors (Lipinski definition) is 4. The van der Waals surface area contributed by atoms with Crippen molar-refractivity contribution in [2.24, 2.45) is 0 Å². The molecule has 4 heteroatoms. The minimum Gasteiger partial charge on any atom is -0.392 e. The molecule has 1 fully saturated rings. The van der Waals surface area contributed by atoms with Crippen molar-refractivity contribution >= 4 is 5.69 Å². The van der Waals surface area contributed by atoms with Crippen LogP contribution in [0.25, 0.3) is 0 Å². The molecule has 1 atom stereocenters. The van der Waals surface area contributed by atoms with Gasteiger partial charge in [-0.3, -0.25) is 9.88 Å². The van der Waals surface area contributed by atoms with Crippen LogP contribution in [-0.2, 0) is 6.61 Å². The Hall–Kier alpha value is -1.13. The van der Waals surface area contributed by atoms with Crippen LogP contribution in [0.5, 0.6) is 0 Å². The third kappa shape index (κ3) is 2.82. The maximum Gasteiger partial charge on any atom is 0.0717 e. The van der Waals surface area contributed by atoms with Crippen molar-refractivity contribution in [3.63, 3.8) is 0 Å². The van der Waals surface area contributed by atoms with E-state index in [2.05, 4.69) is 28.8 Å². The minimum atomic E-state index is 0.0513. The minimum absolute atomic E-state index is 0.0513. The van der Waals surface area contributed by atoms with Crippen molar-refractivity contribution in [2.75, 3.05) is 31.6 Å². The summed E-state index contributed by atoms with van der Waals surface area (Å²) in [4.78, 5) is 8.84. The van der Waals surface area contributed by atoms with Crippen LogP contribution in [-0.4, -0.2) is 47.7 Å². The predicted molar refractivity (Wildman–Crippen MR) is 73.7 cm³/mol. The highest BCUT2D eigenvalue weighted by molar-refractivity contribution is 5.51. The normalized spacial score (nSPS) is 20.3. The van der Waals surface area contributed by atoms with Crippen LogP contribution in [0, 0.1) is 0 Å². The van der Waals surface area contributed by atoms with Crippen molar-refractivity contribution in [1.29, 1.82) is 0 Å². The van der Waals surface area contributed by atoms with E-state index in [-0.39, 0.29) is 6.61 Å². The van der Waals surface area contributed by atoms with E-state index in [1.54, 1.807) is 12.4 Å². The van der Waals surface area contributed by atoms with Gasteiger partial charge in [0, 0.05) is 43.3 Å². The van der Waals surface area contributed by atoms with Gasteiger partial charge in [-0.2, -0.15) is 0 Å². The molecular weight excluding hydrogens is 226 g/mol. The van der Waals surface area contributed by atoms with E-state index in [1.165, 1.54) is 19.4 Å². The lowest BCUT2D eigenvalue weighted by molar-refractivity contribution is 0.269. The molecule has 1 aliphatic heterocycles. The zero-order chi connectivity index (χ0) is 13.0. The van der Waals surface area contributed by atoms with Crippen molar-refractivity contribution in [2.45, 2.75) is 32.4 Å². The average Bonchev–Trinajstić information content (AvgIpc) is 2.85. The first-order valence-corrected chi connectivity index (χ1v) is 6.75. The third-order valence-corrected chi connectivity index (χ3v) is 3.85. The summed E-state index contributed by atoms with van der Waals surface area (Å²) in [7, 11) is 2.10. The van der Waals surface area contributed by atoms with Gasteiger partial charge >= 0.3 is 0 Å². The van der Waals surface area contributed by atoms with Crippen molar-refractivity contribution in [3.05, 3.63) is 24.0 Å². The molecule has 2 heterocycles. The molecular formula is C14H23N3O. The first-order valence-electron chi connectivity index (χ1n) is 6.75. The number of hydrogen-bond donors (Lipinski definition) is 1. The number of anilines is 1. The topological polar surface area (TPSA) is 39.6 Å². The molecule has 0 aromatic carbocycles. The second-order valence-corrected chi connectivity index (χ2v) is 4.97. The number of nitrogens with zero attached hydrogens (tertiary/aromatic N) is 3. The molecule has 1 aromatic heterocycles. The van der Waals surface area contributed by atoms with Gasteiger partial charge < -0.3 is 10.0 Å². The van der Waals surface area contributed by atoms with Gasteiger partial charge in [0.15, 0.2) is 0 Å². The summed E-state index contributed by atoms with van der Waals surface area (Å²) in [5.74, 6) is 0. The first kappa shape index (κ1) is 13.3. The highest BCUT2D eigenvalue weighted by atomic mass is 16.3. The standard InChI is InChI=1S/C14H23N3O/c1-3-17-8-4-5-13(17)10-16(2)14-6-7-15-9-12(14)11-18/h6-7,9,13,18H,3-5,8,10-11H2,1-2H3. The zero-order valence-electron chi connectivity index (χ0n) is 11.3. The summed E-state index contributed by atoms with van der Waals surface area (Å²) in [6.45, 7) is 5.64. The Labute approximate surface area is 109 Å². The molecule has 1 aliphatic rings. The molecule has 1 saturated heterocycles. The Morgan fingerprint density at radius 1 is 1.56 bits per heavy atom. The van der Waals surface area contributed by atoms with Crippen LogP contribution in [0.4, 0.5) is 5.69 Å². The van der Waals surface area contributed by atoms with Crippen LogP contribution in [0.3, 0.4) is 0 Å². The maximum atomic E-state index is 9.35. The summed E-state index contributed by atoms with van der Waals surface area (Å²) in [5, 5.41) is 9.35. The van der Waals surface area contributed by atoms with Crippen LogP contribution in [0.15, 0.2) is 18.5 Å². The van der Waals surface area contributed by atoms with Crippen LogP contribution in [0.1, 0.15) is 25.3 Å². The fourth-order valence-corrected chi connectivity index (χ4v) is 2.85. The molecule has 0 bridgehead atoms. The third-order valence-electron chi connectivity index (χ3n) is 3.85. The van der Waals surface area contributed by atoms with Gasteiger partial charge in [0.1, 0.15) is 0 Å². The summed E-state index contributed by atoms with van der Waals surface area (Å²) in [5.41, 5.74) is 2.00. The predicted octanol–water partition coefficient (Wildman–Crippen LogP) is 1.49.